The first kappa shape index (κ1) is 19.3. The summed E-state index contributed by atoms with van der Waals surface area (Å²) in [7, 11) is 0. The van der Waals surface area contributed by atoms with Crippen molar-refractivity contribution >= 4 is 23.8 Å². The molecule has 29 heavy (non-hydrogen) atoms. The van der Waals surface area contributed by atoms with Crippen molar-refractivity contribution in [3.63, 3.8) is 0 Å². The van der Waals surface area contributed by atoms with E-state index in [1.165, 1.54) is 34.0 Å². The summed E-state index contributed by atoms with van der Waals surface area (Å²) in [5.41, 5.74) is 5.63. The van der Waals surface area contributed by atoms with Gasteiger partial charge in [0, 0.05) is 18.2 Å². The molecular weight excluding hydrogens is 386 g/mol. The van der Waals surface area contributed by atoms with Crippen LogP contribution >= 0.6 is 11.8 Å². The lowest BCUT2D eigenvalue weighted by Crippen LogP contribution is -2.28. The van der Waals surface area contributed by atoms with E-state index >= 15 is 0 Å². The van der Waals surface area contributed by atoms with Crippen LogP contribution in [0.5, 0.6) is 0 Å². The van der Waals surface area contributed by atoms with Crippen molar-refractivity contribution in [3.8, 4) is 11.1 Å². The maximum Gasteiger partial charge on any atom is 0.407 e. The Morgan fingerprint density at radius 3 is 2.38 bits per heavy atom. The third-order valence-corrected chi connectivity index (χ3v) is 6.03. The number of hydrogen-bond donors (Lipinski definition) is 2. The molecule has 1 aliphatic heterocycles. The number of aliphatic carboxylic acids is 1. The Balaban J connectivity index is 1.35. The topological polar surface area (TPSA) is 75.6 Å². The number of alkyl carbamates (subject to hydrolysis) is 1. The quantitative estimate of drug-likeness (QED) is 0.734. The number of ether oxygens (including phenoxy) is 1. The normalized spacial score (nSPS) is 15.0. The number of rotatable bonds is 6. The van der Waals surface area contributed by atoms with Gasteiger partial charge in [-0.05, 0) is 38.8 Å². The molecular formula is C23H21NO4S. The second-order valence-electron chi connectivity index (χ2n) is 6.95. The molecule has 0 unspecified atom stereocenters. The number of carboxylic acid groups (broad SMARTS) is 1. The second-order valence-corrected chi connectivity index (χ2v) is 8.10. The van der Waals surface area contributed by atoms with E-state index in [9.17, 15) is 9.59 Å². The zero-order valence-electron chi connectivity index (χ0n) is 15.8. The Morgan fingerprint density at radius 1 is 1.07 bits per heavy atom. The van der Waals surface area contributed by atoms with Gasteiger partial charge in [0.15, 0.2) is 0 Å². The molecule has 0 saturated heterocycles. The molecule has 2 aromatic carbocycles. The predicted octanol–water partition coefficient (Wildman–Crippen LogP) is 4.56. The first-order valence-corrected chi connectivity index (χ1v) is 10.4. The molecule has 2 aromatic rings. The van der Waals surface area contributed by atoms with Crippen LogP contribution in [0.1, 0.15) is 23.5 Å². The minimum atomic E-state index is -0.852. The molecule has 0 spiro atoms. The van der Waals surface area contributed by atoms with Crippen LogP contribution < -0.4 is 5.32 Å². The van der Waals surface area contributed by atoms with Gasteiger partial charge in [-0.15, -0.1) is 11.8 Å². The highest BCUT2D eigenvalue weighted by Crippen LogP contribution is 2.44. The van der Waals surface area contributed by atoms with Gasteiger partial charge in [0.1, 0.15) is 6.61 Å². The molecule has 1 amide bonds. The van der Waals surface area contributed by atoms with E-state index in [-0.39, 0.29) is 18.9 Å². The summed E-state index contributed by atoms with van der Waals surface area (Å²) in [6.07, 6.45) is 3.35. The lowest BCUT2D eigenvalue weighted by Gasteiger charge is -2.16. The molecule has 148 valence electrons. The third-order valence-electron chi connectivity index (χ3n) is 5.07. The summed E-state index contributed by atoms with van der Waals surface area (Å²) in [5.74, 6) is -0.115. The Morgan fingerprint density at radius 2 is 1.72 bits per heavy atom. The van der Waals surface area contributed by atoms with Crippen LogP contribution in [0, 0.1) is 0 Å². The minimum Gasteiger partial charge on any atom is -0.481 e. The highest BCUT2D eigenvalue weighted by Gasteiger charge is 2.28. The summed E-state index contributed by atoms with van der Waals surface area (Å²) in [4.78, 5) is 23.9. The zero-order valence-corrected chi connectivity index (χ0v) is 16.6. The molecule has 0 atom stereocenters. The molecule has 2 aliphatic rings. The predicted molar refractivity (Wildman–Crippen MR) is 114 cm³/mol. The molecule has 0 saturated carbocycles. The number of benzene rings is 2. The SMILES string of the molecule is O=C(O)CC1=CC(CNC(=O)OCC2c3ccccc3-c3ccccc32)=CCS1. The van der Waals surface area contributed by atoms with Crippen molar-refractivity contribution in [3.05, 3.63) is 82.3 Å². The van der Waals surface area contributed by atoms with Crippen LogP contribution in [0.3, 0.4) is 0 Å². The van der Waals surface area contributed by atoms with Gasteiger partial charge in [-0.2, -0.15) is 0 Å². The third kappa shape index (κ3) is 4.38. The van der Waals surface area contributed by atoms with E-state index < -0.39 is 12.1 Å². The highest BCUT2D eigenvalue weighted by molar-refractivity contribution is 8.03. The lowest BCUT2D eigenvalue weighted by molar-refractivity contribution is -0.136. The fourth-order valence-corrected chi connectivity index (χ4v) is 4.73. The molecule has 6 heteroatoms. The van der Waals surface area contributed by atoms with E-state index in [1.54, 1.807) is 0 Å². The molecule has 0 bridgehead atoms. The molecule has 5 nitrogen and oxygen atoms in total. The van der Waals surface area contributed by atoms with Gasteiger partial charge in [-0.25, -0.2) is 4.79 Å². The Kier molecular flexibility index (Phi) is 5.71. The lowest BCUT2D eigenvalue weighted by atomic mass is 9.98. The fraction of sp³-hybridized carbons (Fsp3) is 0.217. The first-order valence-electron chi connectivity index (χ1n) is 9.45. The number of fused-ring (bicyclic) bond motifs is 3. The minimum absolute atomic E-state index is 0.00690. The number of carbonyl (C=O) groups excluding carboxylic acids is 1. The van der Waals surface area contributed by atoms with Crippen LogP contribution in [0.4, 0.5) is 4.79 Å². The molecule has 0 radical (unpaired) electrons. The number of hydrogen-bond acceptors (Lipinski definition) is 4. The van der Waals surface area contributed by atoms with Gasteiger partial charge in [0.2, 0.25) is 0 Å². The molecule has 1 heterocycles. The highest BCUT2D eigenvalue weighted by atomic mass is 32.2. The van der Waals surface area contributed by atoms with Crippen molar-refractivity contribution in [1.29, 1.82) is 0 Å². The average Bonchev–Trinajstić information content (AvgIpc) is 3.04. The van der Waals surface area contributed by atoms with Crippen LogP contribution in [-0.4, -0.2) is 36.1 Å². The number of thioether (sulfide) groups is 1. The number of nitrogens with one attached hydrogen (secondary N) is 1. The van der Waals surface area contributed by atoms with Gasteiger partial charge in [0.05, 0.1) is 6.42 Å². The van der Waals surface area contributed by atoms with E-state index in [1.807, 2.05) is 36.4 Å². The Bertz CT molecular complexity index is 966. The Hall–Kier alpha value is -2.99. The van der Waals surface area contributed by atoms with Crippen molar-refractivity contribution in [2.24, 2.45) is 0 Å². The van der Waals surface area contributed by atoms with Crippen molar-refractivity contribution in [2.45, 2.75) is 12.3 Å². The van der Waals surface area contributed by atoms with Gasteiger partial charge in [-0.1, -0.05) is 54.6 Å². The van der Waals surface area contributed by atoms with E-state index in [0.717, 1.165) is 10.5 Å². The van der Waals surface area contributed by atoms with Crippen molar-refractivity contribution in [1.82, 2.24) is 5.32 Å². The van der Waals surface area contributed by atoms with Crippen LogP contribution in [0.2, 0.25) is 0 Å². The fourth-order valence-electron chi connectivity index (χ4n) is 3.76. The van der Waals surface area contributed by atoms with Gasteiger partial charge < -0.3 is 15.2 Å². The summed E-state index contributed by atoms with van der Waals surface area (Å²) in [6.45, 7) is 0.592. The number of carbonyl (C=O) groups is 2. The van der Waals surface area contributed by atoms with Crippen LogP contribution in [0.25, 0.3) is 11.1 Å². The standard InChI is InChI=1S/C23H21NO4S/c25-22(26)12-16-11-15(9-10-29-16)13-24-23(27)28-14-21-19-7-3-1-5-17(19)18-6-2-4-8-20(18)21/h1-9,11,21H,10,12-14H2,(H,24,27)(H,25,26). The molecule has 0 fully saturated rings. The summed E-state index contributed by atoms with van der Waals surface area (Å²) >= 11 is 1.50. The monoisotopic (exact) mass is 407 g/mol. The number of amides is 1. The van der Waals surface area contributed by atoms with Gasteiger partial charge in [-0.3, -0.25) is 4.79 Å². The van der Waals surface area contributed by atoms with Crippen LogP contribution in [0.15, 0.2) is 71.2 Å². The van der Waals surface area contributed by atoms with Gasteiger partial charge in [0.25, 0.3) is 0 Å². The van der Waals surface area contributed by atoms with Crippen molar-refractivity contribution < 1.29 is 19.4 Å². The van der Waals surface area contributed by atoms with E-state index in [4.69, 9.17) is 9.84 Å². The summed E-state index contributed by atoms with van der Waals surface area (Å²) in [5, 5.41) is 11.7. The summed E-state index contributed by atoms with van der Waals surface area (Å²) in [6, 6.07) is 16.4. The maximum atomic E-state index is 12.2. The largest absolute Gasteiger partial charge is 0.481 e. The van der Waals surface area contributed by atoms with Crippen LogP contribution in [-0.2, 0) is 9.53 Å². The van der Waals surface area contributed by atoms with Gasteiger partial charge >= 0.3 is 12.1 Å². The van der Waals surface area contributed by atoms with Crippen molar-refractivity contribution in [2.75, 3.05) is 18.9 Å². The second kappa shape index (κ2) is 8.57. The molecule has 4 rings (SSSR count). The maximum absolute atomic E-state index is 12.2. The van der Waals surface area contributed by atoms with E-state index in [2.05, 4.69) is 29.6 Å². The summed E-state index contributed by atoms with van der Waals surface area (Å²) < 4.78 is 5.52. The zero-order chi connectivity index (χ0) is 20.2. The van der Waals surface area contributed by atoms with E-state index in [0.29, 0.717) is 12.3 Å². The smallest absolute Gasteiger partial charge is 0.407 e. The average molecular weight is 407 g/mol. The Labute approximate surface area is 173 Å². The molecule has 2 N–H and O–H groups in total. The molecule has 1 aliphatic carbocycles. The first-order chi connectivity index (χ1) is 14.1. The molecule has 0 aromatic heterocycles. The number of carboxylic acids is 1.